The van der Waals surface area contributed by atoms with Crippen molar-refractivity contribution in [1.82, 2.24) is 5.32 Å². The van der Waals surface area contributed by atoms with Gasteiger partial charge in [0.1, 0.15) is 0 Å². The fourth-order valence-corrected chi connectivity index (χ4v) is 8.29. The standard InChI is InChI=1S/C21H27NO4S2/c1-15(2)17-8-10-19(11-9-17)28(25,26)21-14-27(23,24)13-20(21)22-12-18-7-5-4-6-16(18)3/h4-11,15,20-22H,12-14H2,1-3H3/t20-,21-/m0/s1. The summed E-state index contributed by atoms with van der Waals surface area (Å²) >= 11 is 0. The zero-order chi connectivity index (χ0) is 20.5. The van der Waals surface area contributed by atoms with Crippen LogP contribution in [0.15, 0.2) is 53.4 Å². The van der Waals surface area contributed by atoms with Gasteiger partial charge in [0.15, 0.2) is 19.7 Å². The van der Waals surface area contributed by atoms with Gasteiger partial charge in [0.25, 0.3) is 0 Å². The van der Waals surface area contributed by atoms with Crippen molar-refractivity contribution in [3.05, 3.63) is 65.2 Å². The van der Waals surface area contributed by atoms with Gasteiger partial charge in [-0.25, -0.2) is 16.8 Å². The summed E-state index contributed by atoms with van der Waals surface area (Å²) in [5.41, 5.74) is 3.16. The van der Waals surface area contributed by atoms with Crippen LogP contribution in [0.1, 0.15) is 36.5 Å². The van der Waals surface area contributed by atoms with Crippen LogP contribution in [0.3, 0.4) is 0 Å². The van der Waals surface area contributed by atoms with Gasteiger partial charge < -0.3 is 5.32 Å². The monoisotopic (exact) mass is 421 g/mol. The van der Waals surface area contributed by atoms with Gasteiger partial charge in [-0.2, -0.15) is 0 Å². The van der Waals surface area contributed by atoms with E-state index in [2.05, 4.69) is 5.32 Å². The Labute approximate surface area is 168 Å². The van der Waals surface area contributed by atoms with Crippen LogP contribution >= 0.6 is 0 Å². The van der Waals surface area contributed by atoms with Crippen molar-refractivity contribution in [3.8, 4) is 0 Å². The van der Waals surface area contributed by atoms with Crippen molar-refractivity contribution in [2.24, 2.45) is 0 Å². The SMILES string of the molecule is Cc1ccccc1CN[C@H]1CS(=O)(=O)C[C@@H]1S(=O)(=O)c1ccc(C(C)C)cc1. The van der Waals surface area contributed by atoms with Crippen molar-refractivity contribution in [1.29, 1.82) is 0 Å². The molecule has 28 heavy (non-hydrogen) atoms. The fourth-order valence-electron chi connectivity index (χ4n) is 3.58. The lowest BCUT2D eigenvalue weighted by molar-refractivity contribution is 0.525. The topological polar surface area (TPSA) is 80.3 Å². The molecule has 1 fully saturated rings. The number of benzene rings is 2. The average molecular weight is 422 g/mol. The molecule has 1 aliphatic rings. The lowest BCUT2D eigenvalue weighted by atomic mass is 10.0. The van der Waals surface area contributed by atoms with E-state index in [4.69, 9.17) is 0 Å². The van der Waals surface area contributed by atoms with Crippen LogP contribution in [-0.4, -0.2) is 39.6 Å². The van der Waals surface area contributed by atoms with E-state index in [9.17, 15) is 16.8 Å². The number of nitrogens with one attached hydrogen (secondary N) is 1. The zero-order valence-electron chi connectivity index (χ0n) is 16.4. The Morgan fingerprint density at radius 1 is 1.04 bits per heavy atom. The molecule has 2 aromatic rings. The maximum absolute atomic E-state index is 13.2. The smallest absolute Gasteiger partial charge is 0.183 e. The number of hydrogen-bond donors (Lipinski definition) is 1. The molecule has 0 spiro atoms. The average Bonchev–Trinajstić information content (AvgIpc) is 2.96. The summed E-state index contributed by atoms with van der Waals surface area (Å²) in [5, 5.41) is 2.21. The Bertz CT molecular complexity index is 1040. The molecule has 0 aliphatic carbocycles. The van der Waals surface area contributed by atoms with Crippen molar-refractivity contribution < 1.29 is 16.8 Å². The molecule has 1 aliphatic heterocycles. The highest BCUT2D eigenvalue weighted by atomic mass is 32.2. The van der Waals surface area contributed by atoms with Crippen LogP contribution in [0.2, 0.25) is 0 Å². The van der Waals surface area contributed by atoms with E-state index in [1.54, 1.807) is 24.3 Å². The third kappa shape index (κ3) is 4.47. The highest BCUT2D eigenvalue weighted by molar-refractivity contribution is 7.96. The number of sulfone groups is 2. The maximum Gasteiger partial charge on any atom is 0.183 e. The van der Waals surface area contributed by atoms with Crippen LogP contribution in [0.4, 0.5) is 0 Å². The molecule has 0 saturated carbocycles. The highest BCUT2D eigenvalue weighted by Crippen LogP contribution is 2.27. The summed E-state index contributed by atoms with van der Waals surface area (Å²) < 4.78 is 50.9. The summed E-state index contributed by atoms with van der Waals surface area (Å²) in [4.78, 5) is 0.182. The largest absolute Gasteiger partial charge is 0.308 e. The van der Waals surface area contributed by atoms with Crippen LogP contribution in [0, 0.1) is 6.92 Å². The van der Waals surface area contributed by atoms with Gasteiger partial charge >= 0.3 is 0 Å². The molecule has 2 aromatic carbocycles. The van der Waals surface area contributed by atoms with Gasteiger partial charge in [-0.1, -0.05) is 50.2 Å². The van der Waals surface area contributed by atoms with E-state index in [0.717, 1.165) is 16.7 Å². The van der Waals surface area contributed by atoms with E-state index in [1.165, 1.54) is 0 Å². The van der Waals surface area contributed by atoms with Gasteiger partial charge in [-0.3, -0.25) is 0 Å². The van der Waals surface area contributed by atoms with Gasteiger partial charge in [0.05, 0.1) is 21.7 Å². The van der Waals surface area contributed by atoms with Gasteiger partial charge in [0, 0.05) is 12.6 Å². The molecule has 0 unspecified atom stereocenters. The van der Waals surface area contributed by atoms with Crippen LogP contribution in [0.25, 0.3) is 0 Å². The molecule has 0 amide bonds. The first-order valence-corrected chi connectivity index (χ1v) is 12.8. The molecule has 3 rings (SSSR count). The lowest BCUT2D eigenvalue weighted by Crippen LogP contribution is -2.43. The van der Waals surface area contributed by atoms with Crippen molar-refractivity contribution in [2.45, 2.75) is 49.4 Å². The molecule has 0 aromatic heterocycles. The van der Waals surface area contributed by atoms with Crippen LogP contribution in [0.5, 0.6) is 0 Å². The summed E-state index contributed by atoms with van der Waals surface area (Å²) in [5.74, 6) is -0.202. The molecule has 2 atom stereocenters. The third-order valence-electron chi connectivity index (χ3n) is 5.39. The minimum atomic E-state index is -3.76. The molecule has 1 N–H and O–H groups in total. The predicted molar refractivity (Wildman–Crippen MR) is 112 cm³/mol. The molecular formula is C21H27NO4S2. The van der Waals surface area contributed by atoms with Gasteiger partial charge in [-0.05, 0) is 41.7 Å². The second-order valence-corrected chi connectivity index (χ2v) is 12.1. The number of aryl methyl sites for hydroxylation is 1. The molecule has 0 bridgehead atoms. The minimum Gasteiger partial charge on any atom is -0.308 e. The third-order valence-corrected chi connectivity index (χ3v) is 9.56. The first kappa shape index (κ1) is 21.0. The molecule has 7 heteroatoms. The normalized spacial score (nSPS) is 21.9. The predicted octanol–water partition coefficient (Wildman–Crippen LogP) is 2.85. The first-order valence-electron chi connectivity index (χ1n) is 9.42. The lowest BCUT2D eigenvalue weighted by Gasteiger charge is -2.21. The van der Waals surface area contributed by atoms with Crippen molar-refractivity contribution in [2.75, 3.05) is 11.5 Å². The van der Waals surface area contributed by atoms with Gasteiger partial charge in [0.2, 0.25) is 0 Å². The summed E-state index contributed by atoms with van der Waals surface area (Å²) in [7, 11) is -7.17. The quantitative estimate of drug-likeness (QED) is 0.776. The van der Waals surface area contributed by atoms with E-state index >= 15 is 0 Å². The molecule has 5 nitrogen and oxygen atoms in total. The molecule has 152 valence electrons. The molecule has 0 radical (unpaired) electrons. The van der Waals surface area contributed by atoms with E-state index < -0.39 is 31.0 Å². The Hall–Kier alpha value is -1.70. The molecule has 1 heterocycles. The molecular weight excluding hydrogens is 394 g/mol. The van der Waals surface area contributed by atoms with E-state index in [0.29, 0.717) is 12.5 Å². The van der Waals surface area contributed by atoms with E-state index in [-0.39, 0.29) is 16.4 Å². The second-order valence-electron chi connectivity index (χ2n) is 7.80. The van der Waals surface area contributed by atoms with Gasteiger partial charge in [-0.15, -0.1) is 0 Å². The Morgan fingerprint density at radius 2 is 1.68 bits per heavy atom. The Morgan fingerprint density at radius 3 is 2.29 bits per heavy atom. The van der Waals surface area contributed by atoms with Crippen molar-refractivity contribution in [3.63, 3.8) is 0 Å². The summed E-state index contributed by atoms with van der Waals surface area (Å²) in [6.45, 7) is 6.50. The summed E-state index contributed by atoms with van der Waals surface area (Å²) in [6.07, 6.45) is 0. The van der Waals surface area contributed by atoms with Crippen LogP contribution < -0.4 is 5.32 Å². The highest BCUT2D eigenvalue weighted by Gasteiger charge is 2.45. The summed E-state index contributed by atoms with van der Waals surface area (Å²) in [6, 6.07) is 14.0. The molecule has 1 saturated heterocycles. The zero-order valence-corrected chi connectivity index (χ0v) is 18.1. The number of rotatable bonds is 6. The fraction of sp³-hybridized carbons (Fsp3) is 0.429. The van der Waals surface area contributed by atoms with E-state index in [1.807, 2.05) is 45.0 Å². The minimum absolute atomic E-state index is 0.160. The maximum atomic E-state index is 13.2. The Balaban J connectivity index is 1.85. The second kappa shape index (κ2) is 7.97. The Kier molecular flexibility index (Phi) is 5.98. The number of hydrogen-bond acceptors (Lipinski definition) is 5. The van der Waals surface area contributed by atoms with Crippen molar-refractivity contribution >= 4 is 19.7 Å². The van der Waals surface area contributed by atoms with Crippen LogP contribution in [-0.2, 0) is 26.2 Å². The first-order chi connectivity index (χ1) is 13.1.